The van der Waals surface area contributed by atoms with Crippen molar-refractivity contribution in [2.24, 2.45) is 11.8 Å². The molecule has 2 aliphatic rings. The first-order valence-corrected chi connectivity index (χ1v) is 10.3. The fraction of sp³-hybridized carbons (Fsp3) is 0.647. The second-order valence-corrected chi connectivity index (χ2v) is 8.83. The zero-order valence-corrected chi connectivity index (χ0v) is 15.1. The van der Waals surface area contributed by atoms with Crippen LogP contribution in [-0.2, 0) is 10.0 Å². The summed E-state index contributed by atoms with van der Waals surface area (Å²) in [6.07, 6.45) is 1.85. The third-order valence-corrected chi connectivity index (χ3v) is 7.11. The van der Waals surface area contributed by atoms with Crippen LogP contribution in [0.5, 0.6) is 0 Å². The molecule has 0 aliphatic carbocycles. The van der Waals surface area contributed by atoms with Gasteiger partial charge in [-0.05, 0) is 44.4 Å². The quantitative estimate of drug-likeness (QED) is 0.706. The summed E-state index contributed by atoms with van der Waals surface area (Å²) in [4.78, 5) is 0.400. The molecular weight excluding hydrogens is 324 g/mol. The Morgan fingerprint density at radius 1 is 1.17 bits per heavy atom. The predicted molar refractivity (Wildman–Crippen MR) is 94.9 cm³/mol. The van der Waals surface area contributed by atoms with Crippen LogP contribution >= 0.6 is 0 Å². The van der Waals surface area contributed by atoms with Crippen molar-refractivity contribution in [2.75, 3.05) is 32.7 Å². The molecule has 0 radical (unpaired) electrons. The van der Waals surface area contributed by atoms with Crippen molar-refractivity contribution < 1.29 is 8.42 Å². The predicted octanol–water partition coefficient (Wildman–Crippen LogP) is 0.789. The van der Waals surface area contributed by atoms with Gasteiger partial charge >= 0.3 is 0 Å². The minimum atomic E-state index is -3.33. The summed E-state index contributed by atoms with van der Waals surface area (Å²) in [5, 5.41) is 3.56. The van der Waals surface area contributed by atoms with Gasteiger partial charge in [-0.3, -0.25) is 10.9 Å². The Hall–Kier alpha value is -0.990. The highest BCUT2D eigenvalue weighted by Crippen LogP contribution is 2.23. The fourth-order valence-corrected chi connectivity index (χ4v) is 4.95. The first kappa shape index (κ1) is 17.8. The minimum absolute atomic E-state index is 0.400. The van der Waals surface area contributed by atoms with E-state index in [0.717, 1.165) is 32.5 Å². The molecule has 0 saturated carbocycles. The van der Waals surface area contributed by atoms with Gasteiger partial charge in [-0.2, -0.15) is 4.31 Å². The summed E-state index contributed by atoms with van der Waals surface area (Å²) >= 11 is 0. The highest BCUT2D eigenvalue weighted by molar-refractivity contribution is 7.89. The number of benzene rings is 1. The molecule has 0 aromatic heterocycles. The molecule has 1 aromatic carbocycles. The van der Waals surface area contributed by atoms with Crippen molar-refractivity contribution in [2.45, 2.75) is 30.7 Å². The zero-order valence-electron chi connectivity index (χ0n) is 14.2. The molecule has 6 nitrogen and oxygen atoms in total. The Kier molecular flexibility index (Phi) is 5.89. The molecule has 1 aromatic rings. The topological polar surface area (TPSA) is 73.5 Å². The lowest BCUT2D eigenvalue weighted by Gasteiger charge is -2.31. The van der Waals surface area contributed by atoms with Gasteiger partial charge in [-0.1, -0.05) is 18.2 Å². The molecule has 2 atom stereocenters. The van der Waals surface area contributed by atoms with Crippen LogP contribution in [-0.4, -0.2) is 51.5 Å². The summed E-state index contributed by atoms with van der Waals surface area (Å²) in [6, 6.07) is 9.24. The van der Waals surface area contributed by atoms with E-state index in [1.807, 2.05) is 6.07 Å². The number of rotatable bonds is 6. The van der Waals surface area contributed by atoms with Crippen molar-refractivity contribution >= 4 is 10.0 Å². The van der Waals surface area contributed by atoms with E-state index in [-0.39, 0.29) is 0 Å². The average molecular weight is 353 g/mol. The number of nitrogens with zero attached hydrogens (tertiary/aromatic N) is 1. The number of piperidine rings is 1. The van der Waals surface area contributed by atoms with Gasteiger partial charge in [-0.15, -0.1) is 0 Å². The normalized spacial score (nSPS) is 26.7. The maximum atomic E-state index is 12.6. The third kappa shape index (κ3) is 4.15. The molecule has 2 fully saturated rings. The summed E-state index contributed by atoms with van der Waals surface area (Å²) in [5.41, 5.74) is 6.42. The summed E-state index contributed by atoms with van der Waals surface area (Å²) in [7, 11) is -3.33. The molecule has 7 heteroatoms. The molecule has 2 unspecified atom stereocenters. The molecule has 0 bridgehead atoms. The lowest BCUT2D eigenvalue weighted by atomic mass is 9.97. The Morgan fingerprint density at radius 3 is 2.50 bits per heavy atom. The first-order valence-electron chi connectivity index (χ1n) is 8.81. The van der Waals surface area contributed by atoms with Crippen molar-refractivity contribution in [1.29, 1.82) is 0 Å². The molecule has 0 spiro atoms. The second-order valence-electron chi connectivity index (χ2n) is 6.89. The summed E-state index contributed by atoms with van der Waals surface area (Å²) < 4.78 is 26.9. The maximum absolute atomic E-state index is 12.6. The highest BCUT2D eigenvalue weighted by atomic mass is 32.2. The SMILES string of the molecule is CC1NNCC1CNCC1CCN(S(=O)(=O)c2ccccc2)CC1. The average Bonchev–Trinajstić information content (AvgIpc) is 3.01. The maximum Gasteiger partial charge on any atom is 0.243 e. The molecule has 0 amide bonds. The minimum Gasteiger partial charge on any atom is -0.316 e. The van der Waals surface area contributed by atoms with Crippen LogP contribution in [0.4, 0.5) is 0 Å². The number of hydrazine groups is 1. The van der Waals surface area contributed by atoms with Gasteiger partial charge in [0, 0.05) is 38.1 Å². The number of hydrogen-bond donors (Lipinski definition) is 3. The van der Waals surface area contributed by atoms with Crippen LogP contribution in [0.1, 0.15) is 19.8 Å². The van der Waals surface area contributed by atoms with E-state index in [1.165, 1.54) is 0 Å². The molecule has 3 rings (SSSR count). The fourth-order valence-electron chi connectivity index (χ4n) is 3.46. The Morgan fingerprint density at radius 2 is 1.88 bits per heavy atom. The van der Waals surface area contributed by atoms with Crippen LogP contribution in [0.15, 0.2) is 35.2 Å². The lowest BCUT2D eigenvalue weighted by Crippen LogP contribution is -2.41. The molecule has 24 heavy (non-hydrogen) atoms. The summed E-state index contributed by atoms with van der Waals surface area (Å²) in [6.45, 7) is 6.41. The van der Waals surface area contributed by atoms with Gasteiger partial charge in [0.05, 0.1) is 4.90 Å². The largest absolute Gasteiger partial charge is 0.316 e. The standard InChI is InChI=1S/C17H28N4O2S/c1-14-16(13-19-20-14)12-18-11-15-7-9-21(10-8-15)24(22,23)17-5-3-2-4-6-17/h2-6,14-16,18-20H,7-13H2,1H3. The number of hydrogen-bond acceptors (Lipinski definition) is 5. The molecule has 3 N–H and O–H groups in total. The smallest absolute Gasteiger partial charge is 0.243 e. The van der Waals surface area contributed by atoms with Gasteiger partial charge in [0.1, 0.15) is 0 Å². The van der Waals surface area contributed by atoms with Gasteiger partial charge in [-0.25, -0.2) is 8.42 Å². The van der Waals surface area contributed by atoms with Crippen molar-refractivity contribution in [1.82, 2.24) is 20.5 Å². The van der Waals surface area contributed by atoms with Crippen LogP contribution in [0.3, 0.4) is 0 Å². The van der Waals surface area contributed by atoms with Crippen LogP contribution in [0, 0.1) is 11.8 Å². The van der Waals surface area contributed by atoms with Crippen LogP contribution < -0.4 is 16.2 Å². The molecule has 2 aliphatic heterocycles. The van der Waals surface area contributed by atoms with Crippen LogP contribution in [0.2, 0.25) is 0 Å². The van der Waals surface area contributed by atoms with E-state index in [4.69, 9.17) is 0 Å². The first-order chi connectivity index (χ1) is 11.6. The van der Waals surface area contributed by atoms with Gasteiger partial charge in [0.25, 0.3) is 0 Å². The molecule has 134 valence electrons. The zero-order chi connectivity index (χ0) is 17.0. The lowest BCUT2D eigenvalue weighted by molar-refractivity contribution is 0.264. The van der Waals surface area contributed by atoms with E-state index in [0.29, 0.717) is 35.9 Å². The van der Waals surface area contributed by atoms with E-state index in [1.54, 1.807) is 28.6 Å². The summed E-state index contributed by atoms with van der Waals surface area (Å²) in [5.74, 6) is 1.17. The van der Waals surface area contributed by atoms with Crippen molar-refractivity contribution in [3.8, 4) is 0 Å². The molecular formula is C17H28N4O2S. The molecule has 2 heterocycles. The van der Waals surface area contributed by atoms with E-state index >= 15 is 0 Å². The monoisotopic (exact) mass is 352 g/mol. The van der Waals surface area contributed by atoms with Gasteiger partial charge in [0.2, 0.25) is 10.0 Å². The third-order valence-electron chi connectivity index (χ3n) is 5.20. The van der Waals surface area contributed by atoms with E-state index < -0.39 is 10.0 Å². The second kappa shape index (κ2) is 7.93. The van der Waals surface area contributed by atoms with Gasteiger partial charge in [0.15, 0.2) is 0 Å². The van der Waals surface area contributed by atoms with Crippen LogP contribution in [0.25, 0.3) is 0 Å². The van der Waals surface area contributed by atoms with E-state index in [9.17, 15) is 8.42 Å². The Labute approximate surface area is 145 Å². The molecule has 2 saturated heterocycles. The number of sulfonamides is 1. The van der Waals surface area contributed by atoms with E-state index in [2.05, 4.69) is 23.1 Å². The highest BCUT2D eigenvalue weighted by Gasteiger charge is 2.29. The Bertz CT molecular complexity index is 615. The van der Waals surface area contributed by atoms with Gasteiger partial charge < -0.3 is 5.32 Å². The van der Waals surface area contributed by atoms with Crippen molar-refractivity contribution in [3.05, 3.63) is 30.3 Å². The number of nitrogens with one attached hydrogen (secondary N) is 3. The van der Waals surface area contributed by atoms with Crippen molar-refractivity contribution in [3.63, 3.8) is 0 Å². The Balaban J connectivity index is 1.44.